The van der Waals surface area contributed by atoms with E-state index in [1.54, 1.807) is 31.2 Å². The van der Waals surface area contributed by atoms with Gasteiger partial charge in [0.25, 0.3) is 0 Å². The van der Waals surface area contributed by atoms with Crippen molar-refractivity contribution in [1.82, 2.24) is 14.8 Å². The Balaban J connectivity index is 1.32. The van der Waals surface area contributed by atoms with Crippen molar-refractivity contribution in [2.75, 3.05) is 10.6 Å². The van der Waals surface area contributed by atoms with Crippen LogP contribution >= 0.6 is 0 Å². The largest absolute Gasteiger partial charge is 0.326 e. The van der Waals surface area contributed by atoms with E-state index in [2.05, 4.69) is 38.9 Å². The van der Waals surface area contributed by atoms with Gasteiger partial charge in [-0.2, -0.15) is 5.10 Å². The lowest BCUT2D eigenvalue weighted by molar-refractivity contribution is -0.119. The van der Waals surface area contributed by atoms with E-state index in [4.69, 9.17) is 0 Å². The number of nitrogens with zero attached hydrogens (tertiary/aromatic N) is 3. The predicted octanol–water partition coefficient (Wildman–Crippen LogP) is 3.54. The van der Waals surface area contributed by atoms with Crippen molar-refractivity contribution >= 4 is 23.2 Å². The zero-order valence-electron chi connectivity index (χ0n) is 17.0. The van der Waals surface area contributed by atoms with Crippen LogP contribution in [0.25, 0.3) is 0 Å². The maximum Gasteiger partial charge on any atom is 0.249 e. The first-order chi connectivity index (χ1) is 14.6. The van der Waals surface area contributed by atoms with E-state index < -0.39 is 6.04 Å². The third kappa shape index (κ3) is 4.74. The van der Waals surface area contributed by atoms with Gasteiger partial charge >= 0.3 is 0 Å². The number of hydrogen-bond acceptors (Lipinski definition) is 4. The number of carbonyl (C=O) groups excluding carboxylic acids is 2. The smallest absolute Gasteiger partial charge is 0.249 e. The number of benzene rings is 2. The van der Waals surface area contributed by atoms with Crippen molar-refractivity contribution in [3.8, 4) is 0 Å². The number of fused-ring (bicyclic) bond motifs is 1. The van der Waals surface area contributed by atoms with Gasteiger partial charge in [0, 0.05) is 11.4 Å². The second kappa shape index (κ2) is 8.90. The second-order valence-corrected chi connectivity index (χ2v) is 7.65. The molecule has 0 radical (unpaired) electrons. The maximum absolute atomic E-state index is 12.4. The fraction of sp³-hybridized carbons (Fsp3) is 0.304. The van der Waals surface area contributed by atoms with Gasteiger partial charge in [0.15, 0.2) is 0 Å². The minimum atomic E-state index is -0.469. The Labute approximate surface area is 175 Å². The molecule has 0 spiro atoms. The molecule has 2 amide bonds. The first-order valence-corrected chi connectivity index (χ1v) is 10.2. The summed E-state index contributed by atoms with van der Waals surface area (Å²) < 4.78 is 1.49. The number of rotatable bonds is 6. The number of nitrogens with one attached hydrogen (secondary N) is 2. The molecule has 1 unspecified atom stereocenters. The minimum Gasteiger partial charge on any atom is -0.326 e. The highest BCUT2D eigenvalue weighted by atomic mass is 16.2. The summed E-state index contributed by atoms with van der Waals surface area (Å²) in [5.41, 5.74) is 5.19. The average Bonchev–Trinajstić information content (AvgIpc) is 3.29. The van der Waals surface area contributed by atoms with Gasteiger partial charge in [-0.05, 0) is 73.6 Å². The molecule has 0 fully saturated rings. The molecule has 1 aliphatic carbocycles. The normalized spacial score (nSPS) is 13.9. The van der Waals surface area contributed by atoms with Crippen LogP contribution in [0.4, 0.5) is 11.4 Å². The predicted molar refractivity (Wildman–Crippen MR) is 115 cm³/mol. The number of hydrogen-bond donors (Lipinski definition) is 2. The van der Waals surface area contributed by atoms with E-state index >= 15 is 0 Å². The number of amides is 2. The lowest BCUT2D eigenvalue weighted by atomic mass is 9.90. The van der Waals surface area contributed by atoms with Crippen LogP contribution in [0.3, 0.4) is 0 Å². The zero-order valence-corrected chi connectivity index (χ0v) is 17.0. The molecule has 7 heteroatoms. The molecule has 0 saturated carbocycles. The van der Waals surface area contributed by atoms with Crippen molar-refractivity contribution < 1.29 is 9.59 Å². The van der Waals surface area contributed by atoms with E-state index in [1.165, 1.54) is 41.3 Å². The van der Waals surface area contributed by atoms with Gasteiger partial charge in [-0.25, -0.2) is 9.67 Å². The number of carbonyl (C=O) groups is 2. The van der Waals surface area contributed by atoms with Crippen molar-refractivity contribution in [3.05, 3.63) is 71.8 Å². The molecular weight excluding hydrogens is 378 g/mol. The fourth-order valence-electron chi connectivity index (χ4n) is 3.71. The number of aromatic nitrogens is 3. The molecule has 30 heavy (non-hydrogen) atoms. The van der Waals surface area contributed by atoms with Crippen molar-refractivity contribution in [2.24, 2.45) is 0 Å². The average molecular weight is 403 g/mol. The third-order valence-electron chi connectivity index (χ3n) is 5.43. The SMILES string of the molecule is CC(C(=O)Nc1ccc(NC(=O)Cc2ccc3c(c2)CCCC3)cc1)n1cncn1. The van der Waals surface area contributed by atoms with E-state index in [0.29, 0.717) is 17.8 Å². The standard InChI is InChI=1S/C23H25N5O2/c1-16(28-15-24-14-25-28)23(30)27-21-10-8-20(9-11-21)26-22(29)13-17-6-7-18-4-2-3-5-19(18)12-17/h6-12,14-16H,2-5,13H2,1H3,(H,26,29)(H,27,30). The summed E-state index contributed by atoms with van der Waals surface area (Å²) in [6, 6.07) is 13.0. The van der Waals surface area contributed by atoms with Crippen LogP contribution in [0.2, 0.25) is 0 Å². The molecular formula is C23H25N5O2. The van der Waals surface area contributed by atoms with Crippen LogP contribution in [-0.4, -0.2) is 26.6 Å². The molecule has 1 atom stereocenters. The molecule has 1 aliphatic rings. The molecule has 2 aromatic carbocycles. The van der Waals surface area contributed by atoms with E-state index in [-0.39, 0.29) is 11.8 Å². The molecule has 4 rings (SSSR count). The molecule has 7 nitrogen and oxygen atoms in total. The quantitative estimate of drug-likeness (QED) is 0.659. The van der Waals surface area contributed by atoms with Crippen LogP contribution in [-0.2, 0) is 28.9 Å². The fourth-order valence-corrected chi connectivity index (χ4v) is 3.71. The van der Waals surface area contributed by atoms with Gasteiger partial charge in [0.05, 0.1) is 6.42 Å². The number of aryl methyl sites for hydroxylation is 2. The molecule has 154 valence electrons. The summed E-state index contributed by atoms with van der Waals surface area (Å²) in [5.74, 6) is -0.243. The molecule has 0 saturated heterocycles. The highest BCUT2D eigenvalue weighted by Crippen LogP contribution is 2.23. The minimum absolute atomic E-state index is 0.0534. The second-order valence-electron chi connectivity index (χ2n) is 7.65. The molecule has 0 aliphatic heterocycles. The van der Waals surface area contributed by atoms with E-state index in [9.17, 15) is 9.59 Å². The lowest BCUT2D eigenvalue weighted by Gasteiger charge is -2.16. The van der Waals surface area contributed by atoms with Gasteiger partial charge in [-0.15, -0.1) is 0 Å². The Hall–Kier alpha value is -3.48. The third-order valence-corrected chi connectivity index (χ3v) is 5.43. The molecule has 1 aromatic heterocycles. The topological polar surface area (TPSA) is 88.9 Å². The van der Waals surface area contributed by atoms with Gasteiger partial charge < -0.3 is 10.6 Å². The Morgan fingerprint density at radius 3 is 2.40 bits per heavy atom. The van der Waals surface area contributed by atoms with Crippen LogP contribution in [0.15, 0.2) is 55.1 Å². The Kier molecular flexibility index (Phi) is 5.88. The van der Waals surface area contributed by atoms with Gasteiger partial charge in [0.2, 0.25) is 11.8 Å². The Bertz CT molecular complexity index is 1030. The molecule has 2 N–H and O–H groups in total. The van der Waals surface area contributed by atoms with E-state index in [0.717, 1.165) is 18.4 Å². The van der Waals surface area contributed by atoms with Gasteiger partial charge in [-0.1, -0.05) is 18.2 Å². The van der Waals surface area contributed by atoms with Crippen LogP contribution in [0.5, 0.6) is 0 Å². The lowest BCUT2D eigenvalue weighted by Crippen LogP contribution is -2.24. The first kappa shape index (κ1) is 19.8. The summed E-state index contributed by atoms with van der Waals surface area (Å²) in [5, 5.41) is 9.74. The number of anilines is 2. The van der Waals surface area contributed by atoms with E-state index in [1.807, 2.05) is 0 Å². The summed E-state index contributed by atoms with van der Waals surface area (Å²) >= 11 is 0. The summed E-state index contributed by atoms with van der Waals surface area (Å²) in [6.45, 7) is 1.75. The highest BCUT2D eigenvalue weighted by molar-refractivity contribution is 5.95. The van der Waals surface area contributed by atoms with Crippen molar-refractivity contribution in [3.63, 3.8) is 0 Å². The molecule has 0 bridgehead atoms. The van der Waals surface area contributed by atoms with Gasteiger partial charge in [0.1, 0.15) is 18.7 Å². The highest BCUT2D eigenvalue weighted by Gasteiger charge is 2.15. The Morgan fingerprint density at radius 2 is 1.70 bits per heavy atom. The Morgan fingerprint density at radius 1 is 1.00 bits per heavy atom. The monoisotopic (exact) mass is 403 g/mol. The molecule has 3 aromatic rings. The van der Waals surface area contributed by atoms with Crippen LogP contribution in [0.1, 0.15) is 42.5 Å². The zero-order chi connectivity index (χ0) is 20.9. The summed E-state index contributed by atoms with van der Waals surface area (Å²) in [4.78, 5) is 28.6. The summed E-state index contributed by atoms with van der Waals surface area (Å²) in [7, 11) is 0. The van der Waals surface area contributed by atoms with Crippen molar-refractivity contribution in [1.29, 1.82) is 0 Å². The van der Waals surface area contributed by atoms with Crippen molar-refractivity contribution in [2.45, 2.75) is 45.1 Å². The van der Waals surface area contributed by atoms with Crippen LogP contribution < -0.4 is 10.6 Å². The van der Waals surface area contributed by atoms with Crippen LogP contribution in [0, 0.1) is 0 Å². The maximum atomic E-state index is 12.4. The molecule has 1 heterocycles. The first-order valence-electron chi connectivity index (χ1n) is 10.2. The van der Waals surface area contributed by atoms with Gasteiger partial charge in [-0.3, -0.25) is 9.59 Å². The summed E-state index contributed by atoms with van der Waals surface area (Å²) in [6.07, 6.45) is 7.97.